The quantitative estimate of drug-likeness (QED) is 0.813. The molecule has 0 aromatic heterocycles. The summed E-state index contributed by atoms with van der Waals surface area (Å²) in [5.74, 6) is 2.65. The van der Waals surface area contributed by atoms with Crippen LogP contribution in [0.3, 0.4) is 0 Å². The summed E-state index contributed by atoms with van der Waals surface area (Å²) in [6, 6.07) is 0. The highest BCUT2D eigenvalue weighted by atomic mass is 16.5. The Morgan fingerprint density at radius 1 is 1.19 bits per heavy atom. The number of hydrogen-bond acceptors (Lipinski definition) is 4. The van der Waals surface area contributed by atoms with E-state index in [0.717, 1.165) is 37.5 Å². The second-order valence-electron chi connectivity index (χ2n) is 7.60. The maximum atomic E-state index is 10.2. The predicted molar refractivity (Wildman–Crippen MR) is 82.2 cm³/mol. The second-order valence-corrected chi connectivity index (χ2v) is 7.60. The number of β-amino-alcohol motifs (C(OH)–C–C–N with tert-alkyl or cyclic N) is 1. The molecule has 1 aliphatic heterocycles. The number of hydrogen-bond donors (Lipinski definition) is 1. The van der Waals surface area contributed by atoms with Gasteiger partial charge in [-0.3, -0.25) is 4.90 Å². The molecule has 1 heterocycles. The minimum Gasteiger partial charge on any atom is -0.389 e. The molecule has 0 spiro atoms. The number of ether oxygens (including phenoxy) is 2. The molecule has 21 heavy (non-hydrogen) atoms. The molecule has 3 fully saturated rings. The largest absolute Gasteiger partial charge is 0.389 e. The van der Waals surface area contributed by atoms with Crippen molar-refractivity contribution in [2.24, 2.45) is 17.8 Å². The Morgan fingerprint density at radius 3 is 2.57 bits per heavy atom. The summed E-state index contributed by atoms with van der Waals surface area (Å²) in [7, 11) is 0. The average Bonchev–Trinajstić information content (AvgIpc) is 2.99. The molecule has 6 atom stereocenters. The van der Waals surface area contributed by atoms with E-state index in [-0.39, 0.29) is 18.3 Å². The molecule has 4 heteroatoms. The molecule has 4 nitrogen and oxygen atoms in total. The molecular formula is C17H31NO3. The molecule has 0 radical (unpaired) electrons. The fraction of sp³-hybridized carbons (Fsp3) is 1.00. The van der Waals surface area contributed by atoms with Gasteiger partial charge < -0.3 is 14.6 Å². The third kappa shape index (κ3) is 4.19. The average molecular weight is 297 g/mol. The SMILES string of the molecule is C[C@@H]1CN(C[C@H](O)COC[C@@H]2C[C@H]3CC[C@H]2C3)C[C@H](C)O1. The van der Waals surface area contributed by atoms with E-state index in [1.807, 2.05) is 0 Å². The zero-order valence-corrected chi connectivity index (χ0v) is 13.5. The number of fused-ring (bicyclic) bond motifs is 2. The lowest BCUT2D eigenvalue weighted by Gasteiger charge is -2.36. The normalized spacial score (nSPS) is 41.6. The summed E-state index contributed by atoms with van der Waals surface area (Å²) in [5.41, 5.74) is 0. The Hall–Kier alpha value is -0.160. The van der Waals surface area contributed by atoms with Gasteiger partial charge in [-0.1, -0.05) is 6.42 Å². The zero-order chi connectivity index (χ0) is 14.8. The Bertz CT molecular complexity index is 328. The van der Waals surface area contributed by atoms with E-state index < -0.39 is 0 Å². The monoisotopic (exact) mass is 297 g/mol. The Kier molecular flexibility index (Phi) is 5.20. The van der Waals surface area contributed by atoms with E-state index in [0.29, 0.717) is 13.2 Å². The molecule has 3 rings (SSSR count). The van der Waals surface area contributed by atoms with Crippen LogP contribution in [0.15, 0.2) is 0 Å². The first-order valence-electron chi connectivity index (χ1n) is 8.73. The van der Waals surface area contributed by atoms with Gasteiger partial charge in [-0.15, -0.1) is 0 Å². The molecule has 0 amide bonds. The van der Waals surface area contributed by atoms with Crippen molar-refractivity contribution in [2.45, 2.75) is 57.8 Å². The van der Waals surface area contributed by atoms with E-state index in [9.17, 15) is 5.11 Å². The highest BCUT2D eigenvalue weighted by Gasteiger charge is 2.39. The van der Waals surface area contributed by atoms with E-state index in [2.05, 4.69) is 18.7 Å². The third-order valence-electron chi connectivity index (χ3n) is 5.49. The van der Waals surface area contributed by atoms with Crippen LogP contribution in [-0.4, -0.2) is 61.2 Å². The minimum atomic E-state index is -0.374. The van der Waals surface area contributed by atoms with Crippen LogP contribution < -0.4 is 0 Å². The molecule has 2 saturated carbocycles. The second kappa shape index (κ2) is 6.95. The first-order valence-corrected chi connectivity index (χ1v) is 8.73. The number of aliphatic hydroxyl groups is 1. The fourth-order valence-electron chi connectivity index (χ4n) is 4.72. The summed E-state index contributed by atoms with van der Waals surface area (Å²) < 4.78 is 11.5. The van der Waals surface area contributed by atoms with Crippen LogP contribution in [0, 0.1) is 17.8 Å². The molecular weight excluding hydrogens is 266 g/mol. The molecule has 3 aliphatic rings. The van der Waals surface area contributed by atoms with Gasteiger partial charge in [0.05, 0.1) is 24.9 Å². The topological polar surface area (TPSA) is 41.9 Å². The molecule has 2 aliphatic carbocycles. The molecule has 0 unspecified atom stereocenters. The lowest BCUT2D eigenvalue weighted by molar-refractivity contribution is -0.0832. The summed E-state index contributed by atoms with van der Waals surface area (Å²) >= 11 is 0. The van der Waals surface area contributed by atoms with E-state index in [4.69, 9.17) is 9.47 Å². The number of aliphatic hydroxyl groups excluding tert-OH is 1. The molecule has 0 aromatic carbocycles. The number of morpholine rings is 1. The van der Waals surface area contributed by atoms with Crippen LogP contribution >= 0.6 is 0 Å². The van der Waals surface area contributed by atoms with Crippen LogP contribution in [-0.2, 0) is 9.47 Å². The van der Waals surface area contributed by atoms with Crippen molar-refractivity contribution in [3.8, 4) is 0 Å². The van der Waals surface area contributed by atoms with Crippen LogP contribution in [0.4, 0.5) is 0 Å². The van der Waals surface area contributed by atoms with Gasteiger partial charge in [0.1, 0.15) is 0 Å². The summed E-state index contributed by atoms with van der Waals surface area (Å²) in [6.45, 7) is 8.06. The van der Waals surface area contributed by atoms with Crippen molar-refractivity contribution < 1.29 is 14.6 Å². The first-order chi connectivity index (χ1) is 10.1. The molecule has 122 valence electrons. The molecule has 0 aromatic rings. The Morgan fingerprint density at radius 2 is 1.95 bits per heavy atom. The highest BCUT2D eigenvalue weighted by molar-refractivity contribution is 4.89. The van der Waals surface area contributed by atoms with Gasteiger partial charge in [0, 0.05) is 26.2 Å². The van der Waals surface area contributed by atoms with Crippen molar-refractivity contribution in [1.29, 1.82) is 0 Å². The molecule has 2 bridgehead atoms. The Labute approximate surface area is 128 Å². The van der Waals surface area contributed by atoms with Gasteiger partial charge in [0.2, 0.25) is 0 Å². The van der Waals surface area contributed by atoms with Crippen LogP contribution in [0.25, 0.3) is 0 Å². The summed E-state index contributed by atoms with van der Waals surface area (Å²) in [5, 5.41) is 10.2. The van der Waals surface area contributed by atoms with Gasteiger partial charge >= 0.3 is 0 Å². The van der Waals surface area contributed by atoms with Crippen molar-refractivity contribution in [1.82, 2.24) is 4.90 Å². The standard InChI is InChI=1S/C17H31NO3/c1-12-7-18(8-13(2)21-12)9-17(19)11-20-10-16-6-14-3-4-15(16)5-14/h12-17,19H,3-11H2,1-2H3/t12-,13+,14-,15-,16-,17-/m0/s1. The fourth-order valence-corrected chi connectivity index (χ4v) is 4.72. The lowest BCUT2D eigenvalue weighted by atomic mass is 9.90. The van der Waals surface area contributed by atoms with Gasteiger partial charge in [-0.2, -0.15) is 0 Å². The van der Waals surface area contributed by atoms with Crippen molar-refractivity contribution in [3.05, 3.63) is 0 Å². The minimum absolute atomic E-state index is 0.260. The zero-order valence-electron chi connectivity index (χ0n) is 13.5. The van der Waals surface area contributed by atoms with Gasteiger partial charge in [0.25, 0.3) is 0 Å². The van der Waals surface area contributed by atoms with E-state index >= 15 is 0 Å². The third-order valence-corrected chi connectivity index (χ3v) is 5.49. The van der Waals surface area contributed by atoms with Crippen LogP contribution in [0.2, 0.25) is 0 Å². The van der Waals surface area contributed by atoms with E-state index in [1.54, 1.807) is 0 Å². The summed E-state index contributed by atoms with van der Waals surface area (Å²) in [6.07, 6.45) is 5.79. The lowest BCUT2D eigenvalue weighted by Crippen LogP contribution is -2.48. The number of rotatable bonds is 6. The Balaban J connectivity index is 1.32. The summed E-state index contributed by atoms with van der Waals surface area (Å²) in [4.78, 5) is 2.30. The maximum Gasteiger partial charge on any atom is 0.0900 e. The van der Waals surface area contributed by atoms with Crippen molar-refractivity contribution in [2.75, 3.05) is 32.8 Å². The predicted octanol–water partition coefficient (Wildman–Crippen LogP) is 1.91. The maximum absolute atomic E-state index is 10.2. The van der Waals surface area contributed by atoms with Gasteiger partial charge in [0.15, 0.2) is 0 Å². The molecule has 1 saturated heterocycles. The van der Waals surface area contributed by atoms with Crippen molar-refractivity contribution >= 4 is 0 Å². The van der Waals surface area contributed by atoms with Crippen molar-refractivity contribution in [3.63, 3.8) is 0 Å². The van der Waals surface area contributed by atoms with E-state index in [1.165, 1.54) is 25.7 Å². The van der Waals surface area contributed by atoms with Crippen LogP contribution in [0.1, 0.15) is 39.5 Å². The van der Waals surface area contributed by atoms with Crippen LogP contribution in [0.5, 0.6) is 0 Å². The van der Waals surface area contributed by atoms with Gasteiger partial charge in [-0.25, -0.2) is 0 Å². The van der Waals surface area contributed by atoms with Gasteiger partial charge in [-0.05, 0) is 50.9 Å². The smallest absolute Gasteiger partial charge is 0.0900 e. The first kappa shape index (κ1) is 15.7. The number of nitrogens with zero attached hydrogens (tertiary/aromatic N) is 1. The highest BCUT2D eigenvalue weighted by Crippen LogP contribution is 2.48. The molecule has 1 N–H and O–H groups in total.